The Bertz CT molecular complexity index is 1460. The molecule has 0 aliphatic carbocycles. The number of allylic oxidation sites excluding steroid dienone is 1. The van der Waals surface area contributed by atoms with Gasteiger partial charge in [-0.2, -0.15) is 26.8 Å². The standard InChI is InChI=1S/C28H24N6OS/c1-18-13-21(5-4-11-29)14-19(2)26(18)33-27-25(22-10-12-36-17-22)24(16-35-3)32-28(34-27)31-23-8-6-20(15-30)7-9-23/h4-10,12-14,17H,16H2,1-3H3,(H2,31,32,33,34)/b5-4+. The van der Waals surface area contributed by atoms with Gasteiger partial charge in [-0.25, -0.2) is 4.98 Å². The molecule has 0 saturated heterocycles. The molecule has 178 valence electrons. The molecule has 0 radical (unpaired) electrons. The van der Waals surface area contributed by atoms with Crippen molar-refractivity contribution in [2.45, 2.75) is 20.5 Å². The van der Waals surface area contributed by atoms with Crippen molar-refractivity contribution in [1.29, 1.82) is 10.5 Å². The van der Waals surface area contributed by atoms with Crippen LogP contribution in [0.4, 0.5) is 23.1 Å². The molecule has 4 aromatic rings. The molecule has 2 heterocycles. The van der Waals surface area contributed by atoms with Crippen LogP contribution in [0, 0.1) is 36.5 Å². The van der Waals surface area contributed by atoms with Crippen LogP contribution < -0.4 is 10.6 Å². The molecule has 0 aliphatic heterocycles. The molecule has 4 rings (SSSR count). The number of hydrogen-bond acceptors (Lipinski definition) is 8. The minimum absolute atomic E-state index is 0.306. The van der Waals surface area contributed by atoms with Gasteiger partial charge in [0.15, 0.2) is 0 Å². The Morgan fingerprint density at radius 2 is 1.78 bits per heavy atom. The van der Waals surface area contributed by atoms with Crippen LogP contribution in [0.15, 0.2) is 59.3 Å². The number of nitrogens with zero attached hydrogens (tertiary/aromatic N) is 4. The zero-order chi connectivity index (χ0) is 25.5. The molecule has 8 heteroatoms. The Morgan fingerprint density at radius 3 is 2.39 bits per heavy atom. The number of thiophene rings is 1. The fraction of sp³-hybridized carbons (Fsp3) is 0.143. The molecule has 0 fully saturated rings. The molecule has 0 atom stereocenters. The highest BCUT2D eigenvalue weighted by Gasteiger charge is 2.19. The lowest BCUT2D eigenvalue weighted by Crippen LogP contribution is -2.09. The van der Waals surface area contributed by atoms with Crippen LogP contribution in [0.2, 0.25) is 0 Å². The quantitative estimate of drug-likeness (QED) is 0.259. The Labute approximate surface area is 214 Å². The van der Waals surface area contributed by atoms with E-state index in [2.05, 4.69) is 22.1 Å². The van der Waals surface area contributed by atoms with E-state index in [4.69, 9.17) is 25.2 Å². The van der Waals surface area contributed by atoms with E-state index in [0.29, 0.717) is 23.9 Å². The van der Waals surface area contributed by atoms with Crippen LogP contribution >= 0.6 is 11.3 Å². The van der Waals surface area contributed by atoms with Crippen LogP contribution in [-0.2, 0) is 11.3 Å². The predicted molar refractivity (Wildman–Crippen MR) is 144 cm³/mol. The average molecular weight is 493 g/mol. The predicted octanol–water partition coefficient (Wildman–Crippen LogP) is 6.86. The maximum Gasteiger partial charge on any atom is 0.229 e. The van der Waals surface area contributed by atoms with Crippen molar-refractivity contribution in [3.8, 4) is 23.3 Å². The summed E-state index contributed by atoms with van der Waals surface area (Å²) in [5.41, 5.74) is 7.92. The number of aryl methyl sites for hydroxylation is 2. The summed E-state index contributed by atoms with van der Waals surface area (Å²) in [6.07, 6.45) is 3.26. The van der Waals surface area contributed by atoms with E-state index < -0.39 is 0 Å². The minimum Gasteiger partial charge on any atom is -0.378 e. The third kappa shape index (κ3) is 5.59. The Morgan fingerprint density at radius 1 is 1.03 bits per heavy atom. The number of nitrogens with one attached hydrogen (secondary N) is 2. The SMILES string of the molecule is COCc1nc(Nc2ccc(C#N)cc2)nc(Nc2c(C)cc(/C=C/C#N)cc2C)c1-c1ccsc1. The van der Waals surface area contributed by atoms with E-state index in [-0.39, 0.29) is 0 Å². The Hall–Kier alpha value is -4.50. The van der Waals surface area contributed by atoms with Gasteiger partial charge in [0.1, 0.15) is 5.82 Å². The Balaban J connectivity index is 1.81. The molecule has 36 heavy (non-hydrogen) atoms. The normalized spacial score (nSPS) is 10.7. The van der Waals surface area contributed by atoms with Gasteiger partial charge in [-0.15, -0.1) is 0 Å². The monoisotopic (exact) mass is 492 g/mol. The first-order valence-corrected chi connectivity index (χ1v) is 12.1. The maximum atomic E-state index is 9.08. The van der Waals surface area contributed by atoms with Crippen molar-refractivity contribution in [3.63, 3.8) is 0 Å². The molecule has 0 spiro atoms. The lowest BCUT2D eigenvalue weighted by atomic mass is 10.0. The second kappa shape index (κ2) is 11.3. The van der Waals surface area contributed by atoms with Gasteiger partial charge in [0.25, 0.3) is 0 Å². The molecule has 0 amide bonds. The molecule has 0 unspecified atom stereocenters. The van der Waals surface area contributed by atoms with Gasteiger partial charge in [0.05, 0.1) is 30.0 Å². The van der Waals surface area contributed by atoms with Gasteiger partial charge < -0.3 is 15.4 Å². The number of anilines is 4. The zero-order valence-corrected chi connectivity index (χ0v) is 21.0. The Kier molecular flexibility index (Phi) is 7.72. The highest BCUT2D eigenvalue weighted by molar-refractivity contribution is 7.08. The van der Waals surface area contributed by atoms with Crippen molar-refractivity contribution in [2.24, 2.45) is 0 Å². The lowest BCUT2D eigenvalue weighted by molar-refractivity contribution is 0.182. The van der Waals surface area contributed by atoms with Gasteiger partial charge >= 0.3 is 0 Å². The molecule has 0 aliphatic rings. The number of methoxy groups -OCH3 is 1. The molecular formula is C28H24N6OS. The van der Waals surface area contributed by atoms with E-state index in [9.17, 15) is 0 Å². The molecule has 2 aromatic heterocycles. The third-order valence-corrected chi connectivity index (χ3v) is 6.18. The molecular weight excluding hydrogens is 468 g/mol. The summed E-state index contributed by atoms with van der Waals surface area (Å²) >= 11 is 1.60. The summed E-state index contributed by atoms with van der Waals surface area (Å²) in [7, 11) is 1.64. The number of benzene rings is 2. The highest BCUT2D eigenvalue weighted by Crippen LogP contribution is 2.36. The average Bonchev–Trinajstić information content (AvgIpc) is 3.40. The van der Waals surface area contributed by atoms with E-state index in [1.807, 2.05) is 55.6 Å². The summed E-state index contributed by atoms with van der Waals surface area (Å²) in [5, 5.41) is 28.8. The summed E-state index contributed by atoms with van der Waals surface area (Å²) in [6.45, 7) is 4.35. The van der Waals surface area contributed by atoms with Crippen molar-refractivity contribution >= 4 is 40.6 Å². The van der Waals surface area contributed by atoms with Crippen LogP contribution in [0.25, 0.3) is 17.2 Å². The van der Waals surface area contributed by atoms with Crippen molar-refractivity contribution < 1.29 is 4.74 Å². The summed E-state index contributed by atoms with van der Waals surface area (Å²) < 4.78 is 5.50. The van der Waals surface area contributed by atoms with Gasteiger partial charge in [0, 0.05) is 30.1 Å². The van der Waals surface area contributed by atoms with E-state index in [0.717, 1.165) is 44.9 Å². The molecule has 0 bridgehead atoms. The first-order chi connectivity index (χ1) is 17.5. The van der Waals surface area contributed by atoms with E-state index >= 15 is 0 Å². The molecule has 2 N–H and O–H groups in total. The third-order valence-electron chi connectivity index (χ3n) is 5.49. The van der Waals surface area contributed by atoms with Gasteiger partial charge in [-0.05, 0) is 95.4 Å². The summed E-state index contributed by atoms with van der Waals surface area (Å²) in [4.78, 5) is 9.62. The number of rotatable bonds is 8. The second-order valence-corrected chi connectivity index (χ2v) is 8.87. The van der Waals surface area contributed by atoms with E-state index in [1.165, 1.54) is 6.08 Å². The number of ether oxygens (including phenoxy) is 1. The minimum atomic E-state index is 0.306. The van der Waals surface area contributed by atoms with Crippen molar-refractivity contribution in [2.75, 3.05) is 17.7 Å². The van der Waals surface area contributed by atoms with Crippen LogP contribution in [-0.4, -0.2) is 17.1 Å². The number of hydrogen-bond donors (Lipinski definition) is 2. The first kappa shape index (κ1) is 24.6. The van der Waals surface area contributed by atoms with Gasteiger partial charge in [-0.3, -0.25) is 0 Å². The topological polar surface area (TPSA) is 107 Å². The van der Waals surface area contributed by atoms with E-state index in [1.54, 1.807) is 36.7 Å². The fourth-order valence-corrected chi connectivity index (χ4v) is 4.55. The van der Waals surface area contributed by atoms with Crippen molar-refractivity contribution in [1.82, 2.24) is 9.97 Å². The molecule has 0 saturated carbocycles. The van der Waals surface area contributed by atoms with Crippen LogP contribution in [0.1, 0.15) is 27.9 Å². The zero-order valence-electron chi connectivity index (χ0n) is 20.2. The largest absolute Gasteiger partial charge is 0.378 e. The van der Waals surface area contributed by atoms with Crippen molar-refractivity contribution in [3.05, 3.63) is 87.2 Å². The molecule has 7 nitrogen and oxygen atoms in total. The maximum absolute atomic E-state index is 9.08. The number of aromatic nitrogens is 2. The summed E-state index contributed by atoms with van der Waals surface area (Å²) in [6, 6.07) is 17.4. The highest BCUT2D eigenvalue weighted by atomic mass is 32.1. The smallest absolute Gasteiger partial charge is 0.229 e. The second-order valence-electron chi connectivity index (χ2n) is 8.09. The number of nitriles is 2. The van der Waals surface area contributed by atoms with Gasteiger partial charge in [0.2, 0.25) is 5.95 Å². The summed E-state index contributed by atoms with van der Waals surface area (Å²) in [5.74, 6) is 1.07. The first-order valence-electron chi connectivity index (χ1n) is 11.2. The van der Waals surface area contributed by atoms with Gasteiger partial charge in [-0.1, -0.05) is 0 Å². The van der Waals surface area contributed by atoms with Crippen LogP contribution in [0.5, 0.6) is 0 Å². The van der Waals surface area contributed by atoms with Crippen LogP contribution in [0.3, 0.4) is 0 Å². The molecule has 2 aromatic carbocycles. The lowest BCUT2D eigenvalue weighted by Gasteiger charge is -2.19. The fourth-order valence-electron chi connectivity index (χ4n) is 3.90.